The van der Waals surface area contributed by atoms with Gasteiger partial charge in [-0.3, -0.25) is 4.79 Å². The molecule has 0 saturated heterocycles. The maximum atomic E-state index is 12.2. The molecule has 0 aliphatic heterocycles. The van der Waals surface area contributed by atoms with Gasteiger partial charge in [0.1, 0.15) is 0 Å². The van der Waals surface area contributed by atoms with Crippen LogP contribution in [0.3, 0.4) is 0 Å². The van der Waals surface area contributed by atoms with Gasteiger partial charge in [-0.05, 0) is 37.6 Å². The first kappa shape index (κ1) is 16.9. The molecule has 1 aromatic heterocycles. The minimum Gasteiger partial charge on any atom is -0.493 e. The second kappa shape index (κ2) is 7.30. The van der Waals surface area contributed by atoms with Crippen molar-refractivity contribution in [1.29, 1.82) is 0 Å². The van der Waals surface area contributed by atoms with Crippen molar-refractivity contribution in [1.82, 2.24) is 4.57 Å². The number of aryl methyl sites for hydroxylation is 2. The fraction of sp³-hybridized carbons (Fsp3) is 0.250. The number of aromatic nitrogens is 1. The Morgan fingerprint density at radius 3 is 2.64 bits per heavy atom. The molecule has 0 bridgehead atoms. The van der Waals surface area contributed by atoms with Crippen LogP contribution in [-0.2, 0) is 6.54 Å². The molecular formula is C20H21N3O2. The zero-order valence-corrected chi connectivity index (χ0v) is 14.4. The molecule has 128 valence electrons. The van der Waals surface area contributed by atoms with Crippen molar-refractivity contribution in [3.8, 4) is 5.88 Å². The van der Waals surface area contributed by atoms with Crippen LogP contribution in [0, 0.1) is 6.92 Å². The average molecular weight is 335 g/mol. The van der Waals surface area contributed by atoms with Gasteiger partial charge in [0.2, 0.25) is 5.88 Å². The Morgan fingerprint density at radius 2 is 1.92 bits per heavy atom. The van der Waals surface area contributed by atoms with Gasteiger partial charge in [0, 0.05) is 17.5 Å². The van der Waals surface area contributed by atoms with E-state index in [0.29, 0.717) is 17.8 Å². The number of benzene rings is 2. The molecule has 0 spiro atoms. The van der Waals surface area contributed by atoms with Crippen LogP contribution in [0.25, 0.3) is 10.9 Å². The van der Waals surface area contributed by atoms with E-state index in [1.165, 1.54) is 0 Å². The third-order valence-electron chi connectivity index (χ3n) is 4.16. The standard InChI is InChI=1S/C20H21N3O2/c1-3-4-12-23-17-11-10-14(2)13-16(17)18(20(23)25)21-22-19(24)15-8-6-5-7-9-15/h5-11,13,25H,3-4,12H2,1-2H3. The van der Waals surface area contributed by atoms with Crippen molar-refractivity contribution in [3.63, 3.8) is 0 Å². The molecule has 1 amide bonds. The van der Waals surface area contributed by atoms with Crippen molar-refractivity contribution < 1.29 is 9.90 Å². The number of unbranched alkanes of at least 4 members (excludes halogenated alkanes) is 1. The lowest BCUT2D eigenvalue weighted by Crippen LogP contribution is -1.96. The Bertz CT molecular complexity index is 927. The Kier molecular flexibility index (Phi) is 4.93. The molecule has 0 unspecified atom stereocenters. The van der Waals surface area contributed by atoms with Crippen molar-refractivity contribution >= 4 is 22.5 Å². The van der Waals surface area contributed by atoms with E-state index in [9.17, 15) is 9.90 Å². The fourth-order valence-electron chi connectivity index (χ4n) is 2.81. The van der Waals surface area contributed by atoms with Gasteiger partial charge in [-0.25, -0.2) is 0 Å². The molecule has 0 saturated carbocycles. The summed E-state index contributed by atoms with van der Waals surface area (Å²) in [6.07, 6.45) is 1.97. The fourth-order valence-corrected chi connectivity index (χ4v) is 2.81. The lowest BCUT2D eigenvalue weighted by Gasteiger charge is -2.05. The number of azo groups is 1. The maximum Gasteiger partial charge on any atom is 0.295 e. The molecule has 25 heavy (non-hydrogen) atoms. The summed E-state index contributed by atoms with van der Waals surface area (Å²) in [5.74, 6) is -0.374. The van der Waals surface area contributed by atoms with Crippen LogP contribution in [0.4, 0.5) is 5.69 Å². The third-order valence-corrected chi connectivity index (χ3v) is 4.16. The summed E-state index contributed by atoms with van der Waals surface area (Å²) in [6.45, 7) is 4.78. The van der Waals surface area contributed by atoms with Gasteiger partial charge in [-0.2, -0.15) is 0 Å². The molecule has 0 aliphatic carbocycles. The number of rotatable bonds is 5. The van der Waals surface area contributed by atoms with E-state index in [2.05, 4.69) is 17.2 Å². The zero-order chi connectivity index (χ0) is 17.8. The van der Waals surface area contributed by atoms with Gasteiger partial charge in [0.05, 0.1) is 5.52 Å². The number of fused-ring (bicyclic) bond motifs is 1. The highest BCUT2D eigenvalue weighted by Crippen LogP contribution is 2.39. The van der Waals surface area contributed by atoms with Gasteiger partial charge < -0.3 is 9.67 Å². The molecule has 1 N–H and O–H groups in total. The van der Waals surface area contributed by atoms with Gasteiger partial charge in [-0.15, -0.1) is 10.2 Å². The molecule has 5 nitrogen and oxygen atoms in total. The summed E-state index contributed by atoms with van der Waals surface area (Å²) in [4.78, 5) is 12.2. The highest BCUT2D eigenvalue weighted by atomic mass is 16.3. The maximum absolute atomic E-state index is 12.2. The normalized spacial score (nSPS) is 11.4. The van der Waals surface area contributed by atoms with Crippen molar-refractivity contribution in [2.24, 2.45) is 10.2 Å². The number of nitrogens with zero attached hydrogens (tertiary/aromatic N) is 3. The molecule has 0 fully saturated rings. The number of amides is 1. The quantitative estimate of drug-likeness (QED) is 0.636. The summed E-state index contributed by atoms with van der Waals surface area (Å²) in [7, 11) is 0. The van der Waals surface area contributed by atoms with E-state index in [-0.39, 0.29) is 5.88 Å². The van der Waals surface area contributed by atoms with Crippen LogP contribution in [0.2, 0.25) is 0 Å². The minimum atomic E-state index is -0.429. The number of carbonyl (C=O) groups excluding carboxylic acids is 1. The largest absolute Gasteiger partial charge is 0.493 e. The summed E-state index contributed by atoms with van der Waals surface area (Å²) >= 11 is 0. The van der Waals surface area contributed by atoms with Crippen molar-refractivity contribution in [2.45, 2.75) is 33.2 Å². The second-order valence-electron chi connectivity index (χ2n) is 6.07. The molecule has 2 aromatic carbocycles. The third kappa shape index (κ3) is 3.45. The molecule has 1 heterocycles. The number of aromatic hydroxyl groups is 1. The summed E-state index contributed by atoms with van der Waals surface area (Å²) in [6, 6.07) is 14.7. The second-order valence-corrected chi connectivity index (χ2v) is 6.07. The molecule has 3 rings (SSSR count). The van der Waals surface area contributed by atoms with E-state index in [1.807, 2.05) is 35.8 Å². The highest BCUT2D eigenvalue weighted by molar-refractivity contribution is 5.97. The van der Waals surface area contributed by atoms with E-state index < -0.39 is 5.91 Å². The van der Waals surface area contributed by atoms with Crippen LogP contribution in [-0.4, -0.2) is 15.6 Å². The van der Waals surface area contributed by atoms with E-state index in [0.717, 1.165) is 29.3 Å². The van der Waals surface area contributed by atoms with E-state index in [4.69, 9.17) is 0 Å². The zero-order valence-electron chi connectivity index (χ0n) is 14.4. The van der Waals surface area contributed by atoms with Gasteiger partial charge >= 0.3 is 0 Å². The van der Waals surface area contributed by atoms with Crippen LogP contribution in [0.15, 0.2) is 58.8 Å². The average Bonchev–Trinajstić information content (AvgIpc) is 2.89. The summed E-state index contributed by atoms with van der Waals surface area (Å²) in [5, 5.41) is 19.3. The summed E-state index contributed by atoms with van der Waals surface area (Å²) < 4.78 is 1.83. The predicted molar refractivity (Wildman–Crippen MR) is 98.5 cm³/mol. The lowest BCUT2D eigenvalue weighted by atomic mass is 10.1. The Balaban J connectivity index is 2.03. The first-order valence-electron chi connectivity index (χ1n) is 8.44. The number of carbonyl (C=O) groups is 1. The molecule has 3 aromatic rings. The minimum absolute atomic E-state index is 0.0543. The van der Waals surface area contributed by atoms with Crippen molar-refractivity contribution in [3.05, 3.63) is 59.7 Å². The first-order valence-corrected chi connectivity index (χ1v) is 8.44. The first-order chi connectivity index (χ1) is 12.1. The van der Waals surface area contributed by atoms with Gasteiger partial charge in [0.25, 0.3) is 5.91 Å². The topological polar surface area (TPSA) is 66.9 Å². The van der Waals surface area contributed by atoms with Gasteiger partial charge in [-0.1, -0.05) is 43.2 Å². The van der Waals surface area contributed by atoms with Crippen LogP contribution >= 0.6 is 0 Å². The van der Waals surface area contributed by atoms with Crippen molar-refractivity contribution in [2.75, 3.05) is 0 Å². The Labute approximate surface area is 146 Å². The lowest BCUT2D eigenvalue weighted by molar-refractivity contribution is 0.0995. The van der Waals surface area contributed by atoms with Gasteiger partial charge in [0.15, 0.2) is 5.69 Å². The molecule has 5 heteroatoms. The molecule has 0 atom stereocenters. The van der Waals surface area contributed by atoms with E-state index >= 15 is 0 Å². The number of hydrogen-bond acceptors (Lipinski definition) is 3. The smallest absolute Gasteiger partial charge is 0.295 e. The monoisotopic (exact) mass is 335 g/mol. The molecule has 0 aliphatic rings. The summed E-state index contributed by atoms with van der Waals surface area (Å²) in [5.41, 5.74) is 2.78. The molecule has 0 radical (unpaired) electrons. The SMILES string of the molecule is CCCCn1c(O)c(N=NC(=O)c2ccccc2)c2cc(C)ccc21. The van der Waals surface area contributed by atoms with Crippen LogP contribution < -0.4 is 0 Å². The van der Waals surface area contributed by atoms with E-state index in [1.54, 1.807) is 24.3 Å². The van der Waals surface area contributed by atoms with Crippen LogP contribution in [0.1, 0.15) is 35.7 Å². The molecular weight excluding hydrogens is 314 g/mol. The predicted octanol–water partition coefficient (Wildman–Crippen LogP) is 5.38. The highest BCUT2D eigenvalue weighted by Gasteiger charge is 2.17. The number of hydrogen-bond donors (Lipinski definition) is 1. The Hall–Kier alpha value is -2.95. The van der Waals surface area contributed by atoms with Crippen LogP contribution in [0.5, 0.6) is 5.88 Å². The Morgan fingerprint density at radius 1 is 1.16 bits per heavy atom.